The monoisotopic (exact) mass is 235 g/mol. The van der Waals surface area contributed by atoms with Gasteiger partial charge in [0.05, 0.1) is 6.61 Å². The highest BCUT2D eigenvalue weighted by atomic mass is 16.3. The van der Waals surface area contributed by atoms with E-state index in [2.05, 4.69) is 43.7 Å². The average molecular weight is 235 g/mol. The van der Waals surface area contributed by atoms with Gasteiger partial charge in [0, 0.05) is 6.54 Å². The van der Waals surface area contributed by atoms with Gasteiger partial charge in [-0.25, -0.2) is 0 Å². The van der Waals surface area contributed by atoms with E-state index >= 15 is 0 Å². The topological polar surface area (TPSA) is 23.5 Å². The highest BCUT2D eigenvalue weighted by Crippen LogP contribution is 2.25. The smallest absolute Gasteiger partial charge is 0.0558 e. The maximum atomic E-state index is 8.86. The van der Waals surface area contributed by atoms with Crippen LogP contribution < -0.4 is 0 Å². The van der Waals surface area contributed by atoms with Crippen LogP contribution >= 0.6 is 0 Å². The van der Waals surface area contributed by atoms with Crippen LogP contribution in [-0.2, 0) is 0 Å². The molecule has 2 unspecified atom stereocenters. The Morgan fingerprint density at radius 3 is 2.94 bits per heavy atom. The molecule has 17 heavy (non-hydrogen) atoms. The first-order valence-corrected chi connectivity index (χ1v) is 6.47. The van der Waals surface area contributed by atoms with Gasteiger partial charge in [0.2, 0.25) is 0 Å². The van der Waals surface area contributed by atoms with E-state index in [-0.39, 0.29) is 6.61 Å². The average Bonchev–Trinajstić information content (AvgIpc) is 2.49. The van der Waals surface area contributed by atoms with Crippen molar-refractivity contribution < 1.29 is 5.11 Å². The second-order valence-corrected chi connectivity index (χ2v) is 4.96. The predicted molar refractivity (Wildman–Crippen MR) is 73.9 cm³/mol. The van der Waals surface area contributed by atoms with Crippen molar-refractivity contribution >= 4 is 0 Å². The van der Waals surface area contributed by atoms with Crippen LogP contribution in [0.5, 0.6) is 0 Å². The number of hydrogen-bond acceptors (Lipinski definition) is 2. The molecule has 0 aromatic heterocycles. The Morgan fingerprint density at radius 2 is 2.29 bits per heavy atom. The van der Waals surface area contributed by atoms with Crippen molar-refractivity contribution in [2.75, 3.05) is 26.7 Å². The first-order valence-electron chi connectivity index (χ1n) is 6.47. The Kier molecular flexibility index (Phi) is 6.23. The van der Waals surface area contributed by atoms with Gasteiger partial charge in [0.15, 0.2) is 0 Å². The minimum atomic E-state index is 0.245. The SMILES string of the molecule is C=CC1=CCC(C)C(CCN(C)CCO)C=C1. The zero-order valence-electron chi connectivity index (χ0n) is 11.1. The number of likely N-dealkylation sites (N-methyl/N-ethyl adjacent to an activating group) is 1. The van der Waals surface area contributed by atoms with Gasteiger partial charge in [-0.05, 0) is 43.8 Å². The summed E-state index contributed by atoms with van der Waals surface area (Å²) >= 11 is 0. The summed E-state index contributed by atoms with van der Waals surface area (Å²) in [7, 11) is 2.06. The Hall–Kier alpha value is -0.860. The maximum Gasteiger partial charge on any atom is 0.0558 e. The first-order chi connectivity index (χ1) is 8.17. The minimum absolute atomic E-state index is 0.245. The predicted octanol–water partition coefficient (Wildman–Crippen LogP) is 2.63. The van der Waals surface area contributed by atoms with Gasteiger partial charge < -0.3 is 10.0 Å². The van der Waals surface area contributed by atoms with E-state index in [1.54, 1.807) is 0 Å². The molecule has 0 spiro atoms. The first kappa shape index (κ1) is 14.2. The van der Waals surface area contributed by atoms with Gasteiger partial charge in [-0.15, -0.1) is 0 Å². The molecule has 0 amide bonds. The van der Waals surface area contributed by atoms with E-state index in [1.165, 1.54) is 5.57 Å². The molecule has 0 heterocycles. The van der Waals surface area contributed by atoms with Crippen molar-refractivity contribution in [3.8, 4) is 0 Å². The van der Waals surface area contributed by atoms with E-state index < -0.39 is 0 Å². The summed E-state index contributed by atoms with van der Waals surface area (Å²) in [6.07, 6.45) is 11.0. The molecule has 0 aromatic carbocycles. The summed E-state index contributed by atoms with van der Waals surface area (Å²) in [6, 6.07) is 0. The number of nitrogens with zero attached hydrogens (tertiary/aromatic N) is 1. The van der Waals surface area contributed by atoms with Crippen molar-refractivity contribution in [1.82, 2.24) is 4.90 Å². The third kappa shape index (κ3) is 4.88. The quantitative estimate of drug-likeness (QED) is 0.765. The summed E-state index contributed by atoms with van der Waals surface area (Å²) in [5.41, 5.74) is 1.24. The van der Waals surface area contributed by atoms with Gasteiger partial charge >= 0.3 is 0 Å². The zero-order chi connectivity index (χ0) is 12.7. The molecule has 1 aliphatic carbocycles. The van der Waals surface area contributed by atoms with Crippen LogP contribution in [-0.4, -0.2) is 36.8 Å². The fraction of sp³-hybridized carbons (Fsp3) is 0.600. The van der Waals surface area contributed by atoms with Gasteiger partial charge in [0.1, 0.15) is 0 Å². The largest absolute Gasteiger partial charge is 0.395 e. The lowest BCUT2D eigenvalue weighted by Gasteiger charge is -2.22. The molecule has 1 aliphatic rings. The van der Waals surface area contributed by atoms with E-state index in [9.17, 15) is 0 Å². The van der Waals surface area contributed by atoms with Crippen molar-refractivity contribution in [2.45, 2.75) is 19.8 Å². The standard InChI is InChI=1S/C15H25NO/c1-4-14-6-5-13(2)15(8-7-14)9-10-16(3)11-12-17/h4,6-8,13,15,17H,1,5,9-12H2,2-3H3. The molecule has 2 atom stereocenters. The molecule has 2 heteroatoms. The maximum absolute atomic E-state index is 8.86. The van der Waals surface area contributed by atoms with Gasteiger partial charge in [-0.2, -0.15) is 0 Å². The fourth-order valence-corrected chi connectivity index (χ4v) is 2.17. The third-order valence-corrected chi connectivity index (χ3v) is 3.55. The molecule has 0 fully saturated rings. The van der Waals surface area contributed by atoms with Crippen molar-refractivity contribution in [2.24, 2.45) is 11.8 Å². The number of aliphatic hydroxyl groups is 1. The molecule has 96 valence electrons. The van der Waals surface area contributed by atoms with Gasteiger partial charge in [-0.3, -0.25) is 0 Å². The Balaban J connectivity index is 2.46. The molecule has 1 N–H and O–H groups in total. The zero-order valence-corrected chi connectivity index (χ0v) is 11.1. The summed E-state index contributed by atoms with van der Waals surface area (Å²) in [4.78, 5) is 2.19. The molecular weight excluding hydrogens is 210 g/mol. The number of allylic oxidation sites excluding steroid dienone is 5. The van der Waals surface area contributed by atoms with E-state index in [1.807, 2.05) is 6.08 Å². The van der Waals surface area contributed by atoms with E-state index in [0.717, 1.165) is 25.9 Å². The molecule has 0 saturated carbocycles. The molecule has 2 nitrogen and oxygen atoms in total. The molecule has 0 radical (unpaired) electrons. The van der Waals surface area contributed by atoms with Crippen molar-refractivity contribution in [3.05, 3.63) is 36.5 Å². The summed E-state index contributed by atoms with van der Waals surface area (Å²) < 4.78 is 0. The summed E-state index contributed by atoms with van der Waals surface area (Å²) in [5, 5.41) is 8.86. The minimum Gasteiger partial charge on any atom is -0.395 e. The van der Waals surface area contributed by atoms with Crippen LogP contribution in [0.1, 0.15) is 19.8 Å². The Labute approximate surface area is 105 Å². The number of aliphatic hydroxyl groups excluding tert-OH is 1. The second-order valence-electron chi connectivity index (χ2n) is 4.96. The molecule has 0 saturated heterocycles. The van der Waals surface area contributed by atoms with Crippen molar-refractivity contribution in [3.63, 3.8) is 0 Å². The Bertz CT molecular complexity index is 293. The number of rotatable bonds is 6. The van der Waals surface area contributed by atoms with Crippen LogP contribution in [0.25, 0.3) is 0 Å². The van der Waals surface area contributed by atoms with Crippen LogP contribution in [0, 0.1) is 11.8 Å². The van der Waals surface area contributed by atoms with Crippen molar-refractivity contribution in [1.29, 1.82) is 0 Å². The Morgan fingerprint density at radius 1 is 1.53 bits per heavy atom. The molecule has 0 aromatic rings. The van der Waals surface area contributed by atoms with Gasteiger partial charge in [-0.1, -0.05) is 37.8 Å². The summed E-state index contributed by atoms with van der Waals surface area (Å²) in [5.74, 6) is 1.32. The van der Waals surface area contributed by atoms with E-state index in [0.29, 0.717) is 11.8 Å². The lowest BCUT2D eigenvalue weighted by atomic mass is 9.89. The molecule has 1 rings (SSSR count). The highest BCUT2D eigenvalue weighted by molar-refractivity contribution is 5.30. The molecular formula is C15H25NO. The van der Waals surface area contributed by atoms with Crippen LogP contribution in [0.2, 0.25) is 0 Å². The lowest BCUT2D eigenvalue weighted by molar-refractivity contribution is 0.211. The lowest BCUT2D eigenvalue weighted by Crippen LogP contribution is -2.25. The highest BCUT2D eigenvalue weighted by Gasteiger charge is 2.16. The summed E-state index contributed by atoms with van der Waals surface area (Å²) in [6.45, 7) is 8.18. The second kappa shape index (κ2) is 7.46. The van der Waals surface area contributed by atoms with E-state index in [4.69, 9.17) is 5.11 Å². The third-order valence-electron chi connectivity index (χ3n) is 3.55. The van der Waals surface area contributed by atoms with Crippen LogP contribution in [0.3, 0.4) is 0 Å². The van der Waals surface area contributed by atoms with Crippen LogP contribution in [0.15, 0.2) is 36.5 Å². The van der Waals surface area contributed by atoms with Crippen LogP contribution in [0.4, 0.5) is 0 Å². The number of hydrogen-bond donors (Lipinski definition) is 1. The molecule has 0 bridgehead atoms. The van der Waals surface area contributed by atoms with Gasteiger partial charge in [0.25, 0.3) is 0 Å². The normalized spacial score (nSPS) is 24.6. The molecule has 0 aliphatic heterocycles. The fourth-order valence-electron chi connectivity index (χ4n) is 2.17.